The van der Waals surface area contributed by atoms with Gasteiger partial charge in [0, 0.05) is 23.7 Å². The summed E-state index contributed by atoms with van der Waals surface area (Å²) in [5.41, 5.74) is 2.65. The number of benzene rings is 1. The zero-order valence-corrected chi connectivity index (χ0v) is 19.0. The molecule has 160 valence electrons. The fourth-order valence-corrected chi connectivity index (χ4v) is 6.47. The van der Waals surface area contributed by atoms with Crippen molar-refractivity contribution in [3.63, 3.8) is 0 Å². The van der Waals surface area contributed by atoms with E-state index in [9.17, 15) is 0 Å². The quantitative estimate of drug-likeness (QED) is 0.452. The molecule has 1 aromatic rings. The molecule has 0 radical (unpaired) electrons. The van der Waals surface area contributed by atoms with Gasteiger partial charge in [0.1, 0.15) is 0 Å². The molecule has 2 heteroatoms. The number of hydrogen-bond acceptors (Lipinski definition) is 1. The van der Waals surface area contributed by atoms with Gasteiger partial charge in [-0.05, 0) is 61.6 Å². The predicted molar refractivity (Wildman–Crippen MR) is 127 cm³/mol. The third-order valence-corrected chi connectivity index (χ3v) is 8.11. The number of rotatable bonds is 6. The Morgan fingerprint density at radius 3 is 1.86 bits per heavy atom. The van der Waals surface area contributed by atoms with E-state index in [1.54, 1.807) is 0 Å². The van der Waals surface area contributed by atoms with Crippen LogP contribution in [0.5, 0.6) is 0 Å². The van der Waals surface area contributed by atoms with Crippen LogP contribution < -0.4 is 0 Å². The van der Waals surface area contributed by atoms with E-state index in [1.807, 2.05) is 0 Å². The first-order chi connectivity index (χ1) is 14.3. The number of hydrogen-bond donors (Lipinski definition) is 0. The van der Waals surface area contributed by atoms with Gasteiger partial charge < -0.3 is 0 Å². The molecule has 4 rings (SSSR count). The number of nitrogens with zero attached hydrogens (tertiary/aromatic N) is 1. The van der Waals surface area contributed by atoms with Crippen LogP contribution in [0.15, 0.2) is 24.3 Å². The standard InChI is InChI=1S/C27H40ClN/c28-27-21-22(18-19-26(27)23-12-4-1-5-13-23)11-10-20-29(24-14-6-2-7-15-24)25-16-8-3-9-17-25/h10-11,18-19,21,23-25H,1-9,12-17,20H2/b11-10-. The Labute approximate surface area is 183 Å². The first-order valence-corrected chi connectivity index (χ1v) is 12.9. The van der Waals surface area contributed by atoms with E-state index in [0.717, 1.165) is 23.7 Å². The van der Waals surface area contributed by atoms with Gasteiger partial charge in [-0.15, -0.1) is 0 Å². The summed E-state index contributed by atoms with van der Waals surface area (Å²) >= 11 is 6.70. The molecule has 3 aliphatic carbocycles. The van der Waals surface area contributed by atoms with E-state index in [0.29, 0.717) is 5.92 Å². The summed E-state index contributed by atoms with van der Waals surface area (Å²) in [6.45, 7) is 1.11. The van der Waals surface area contributed by atoms with E-state index in [4.69, 9.17) is 11.6 Å². The first-order valence-electron chi connectivity index (χ1n) is 12.5. The normalized spacial score (nSPS) is 23.2. The highest BCUT2D eigenvalue weighted by Crippen LogP contribution is 2.37. The van der Waals surface area contributed by atoms with Gasteiger partial charge in [-0.25, -0.2) is 0 Å². The van der Waals surface area contributed by atoms with Crippen LogP contribution in [-0.4, -0.2) is 23.5 Å². The lowest BCUT2D eigenvalue weighted by Gasteiger charge is -2.41. The van der Waals surface area contributed by atoms with E-state index < -0.39 is 0 Å². The average molecular weight is 414 g/mol. The average Bonchev–Trinajstić information content (AvgIpc) is 2.79. The molecule has 0 heterocycles. The maximum atomic E-state index is 6.70. The SMILES string of the molecule is Clc1cc(/C=C\CN(C2CCCCC2)C2CCCCC2)ccc1C1CCCCC1. The zero-order chi connectivity index (χ0) is 19.9. The lowest BCUT2D eigenvalue weighted by molar-refractivity contribution is 0.0941. The van der Waals surface area contributed by atoms with Crippen molar-refractivity contribution in [2.75, 3.05) is 6.54 Å². The Morgan fingerprint density at radius 2 is 1.31 bits per heavy atom. The Bertz CT molecular complexity index is 631. The maximum absolute atomic E-state index is 6.70. The topological polar surface area (TPSA) is 3.24 Å². The van der Waals surface area contributed by atoms with Crippen LogP contribution in [0.1, 0.15) is 113 Å². The largest absolute Gasteiger partial charge is 0.294 e. The second-order valence-electron chi connectivity index (χ2n) is 9.80. The van der Waals surface area contributed by atoms with E-state index in [-0.39, 0.29) is 0 Å². The molecule has 0 unspecified atom stereocenters. The molecule has 0 bridgehead atoms. The third-order valence-electron chi connectivity index (χ3n) is 7.78. The van der Waals surface area contributed by atoms with Crippen molar-refractivity contribution >= 4 is 17.7 Å². The van der Waals surface area contributed by atoms with Gasteiger partial charge >= 0.3 is 0 Å². The van der Waals surface area contributed by atoms with Crippen LogP contribution in [0.4, 0.5) is 0 Å². The summed E-state index contributed by atoms with van der Waals surface area (Å²) in [4.78, 5) is 2.87. The van der Waals surface area contributed by atoms with Gasteiger partial charge in [0.25, 0.3) is 0 Å². The second-order valence-corrected chi connectivity index (χ2v) is 10.2. The van der Waals surface area contributed by atoms with E-state index >= 15 is 0 Å². The molecular formula is C27H40ClN. The summed E-state index contributed by atoms with van der Waals surface area (Å²) in [6.07, 6.45) is 25.7. The summed E-state index contributed by atoms with van der Waals surface area (Å²) in [5.74, 6) is 0.683. The summed E-state index contributed by atoms with van der Waals surface area (Å²) in [7, 11) is 0. The van der Waals surface area contributed by atoms with Crippen LogP contribution in [0, 0.1) is 0 Å². The second kappa shape index (κ2) is 11.0. The molecule has 0 N–H and O–H groups in total. The minimum atomic E-state index is 0.683. The van der Waals surface area contributed by atoms with Crippen molar-refractivity contribution in [1.29, 1.82) is 0 Å². The van der Waals surface area contributed by atoms with Crippen LogP contribution >= 0.6 is 11.6 Å². The smallest absolute Gasteiger partial charge is 0.0446 e. The first kappa shape index (κ1) is 21.4. The highest BCUT2D eigenvalue weighted by atomic mass is 35.5. The van der Waals surface area contributed by atoms with Gasteiger partial charge in [-0.2, -0.15) is 0 Å². The van der Waals surface area contributed by atoms with E-state index in [2.05, 4.69) is 35.3 Å². The Balaban J connectivity index is 1.40. The highest BCUT2D eigenvalue weighted by molar-refractivity contribution is 6.31. The van der Waals surface area contributed by atoms with Crippen molar-refractivity contribution < 1.29 is 0 Å². The summed E-state index contributed by atoms with van der Waals surface area (Å²) in [5, 5.41) is 0.982. The Kier molecular flexibility index (Phi) is 8.14. The lowest BCUT2D eigenvalue weighted by atomic mass is 9.84. The molecule has 0 saturated heterocycles. The van der Waals surface area contributed by atoms with Crippen molar-refractivity contribution in [3.8, 4) is 0 Å². The van der Waals surface area contributed by atoms with Crippen LogP contribution in [0.2, 0.25) is 5.02 Å². The van der Waals surface area contributed by atoms with Gasteiger partial charge in [0.2, 0.25) is 0 Å². The fourth-order valence-electron chi connectivity index (χ4n) is 6.12. The molecule has 3 fully saturated rings. The van der Waals surface area contributed by atoms with Gasteiger partial charge in [0.15, 0.2) is 0 Å². The lowest BCUT2D eigenvalue weighted by Crippen LogP contribution is -2.45. The van der Waals surface area contributed by atoms with Crippen molar-refractivity contribution in [2.45, 2.75) is 114 Å². The molecule has 1 nitrogen and oxygen atoms in total. The summed E-state index contributed by atoms with van der Waals surface area (Å²) < 4.78 is 0. The van der Waals surface area contributed by atoms with E-state index in [1.165, 1.54) is 107 Å². The highest BCUT2D eigenvalue weighted by Gasteiger charge is 2.27. The summed E-state index contributed by atoms with van der Waals surface area (Å²) in [6, 6.07) is 8.42. The number of halogens is 1. The Hall–Kier alpha value is -0.790. The third kappa shape index (κ3) is 5.88. The molecular weight excluding hydrogens is 374 g/mol. The van der Waals surface area contributed by atoms with Crippen molar-refractivity contribution in [2.24, 2.45) is 0 Å². The molecule has 3 saturated carbocycles. The molecule has 0 atom stereocenters. The molecule has 0 spiro atoms. The molecule has 3 aliphatic rings. The van der Waals surface area contributed by atoms with Crippen LogP contribution in [0.25, 0.3) is 6.08 Å². The minimum absolute atomic E-state index is 0.683. The fraction of sp³-hybridized carbons (Fsp3) is 0.704. The molecule has 0 aliphatic heterocycles. The molecule has 0 amide bonds. The predicted octanol–water partition coefficient (Wildman–Crippen LogP) is 8.37. The van der Waals surface area contributed by atoms with Gasteiger partial charge in [-0.1, -0.05) is 93.7 Å². The van der Waals surface area contributed by atoms with Crippen LogP contribution in [-0.2, 0) is 0 Å². The zero-order valence-electron chi connectivity index (χ0n) is 18.3. The van der Waals surface area contributed by atoms with Crippen LogP contribution in [0.3, 0.4) is 0 Å². The molecule has 29 heavy (non-hydrogen) atoms. The van der Waals surface area contributed by atoms with Crippen molar-refractivity contribution in [3.05, 3.63) is 40.4 Å². The van der Waals surface area contributed by atoms with Gasteiger partial charge in [-0.3, -0.25) is 4.90 Å². The van der Waals surface area contributed by atoms with Gasteiger partial charge in [0.05, 0.1) is 0 Å². The van der Waals surface area contributed by atoms with Crippen molar-refractivity contribution in [1.82, 2.24) is 4.90 Å². The monoisotopic (exact) mass is 413 g/mol. The maximum Gasteiger partial charge on any atom is 0.0446 e. The molecule has 0 aromatic heterocycles. The Morgan fingerprint density at radius 1 is 0.759 bits per heavy atom. The molecule has 1 aromatic carbocycles. The minimum Gasteiger partial charge on any atom is -0.294 e.